The van der Waals surface area contributed by atoms with Gasteiger partial charge in [-0.2, -0.15) is 5.26 Å². The Balaban J connectivity index is 1.24. The molecule has 7 aliphatic rings. The number of phenolic OH excluding ortho intramolecular Hbond substituents is 1. The van der Waals surface area contributed by atoms with Crippen molar-refractivity contribution in [1.29, 1.82) is 5.26 Å². The maximum atomic E-state index is 15.1. The molecule has 7 heterocycles. The van der Waals surface area contributed by atoms with E-state index in [1.54, 1.807) is 60.6 Å². The molecule has 0 amide bonds. The molecule has 2 saturated heterocycles. The van der Waals surface area contributed by atoms with Crippen LogP contribution in [0.2, 0.25) is 0 Å². The van der Waals surface area contributed by atoms with Gasteiger partial charge in [-0.1, -0.05) is 6.07 Å². The maximum absolute atomic E-state index is 15.1. The van der Waals surface area contributed by atoms with Gasteiger partial charge in [0.05, 0.1) is 37.6 Å². The van der Waals surface area contributed by atoms with Crippen molar-refractivity contribution in [3.63, 3.8) is 0 Å². The van der Waals surface area contributed by atoms with Gasteiger partial charge in [-0.3, -0.25) is 15.1 Å². The summed E-state index contributed by atoms with van der Waals surface area (Å²) in [6.45, 7) is 14.2. The fourth-order valence-corrected chi connectivity index (χ4v) is 12.5. The smallest absolute Gasteiger partial charge is 0.507 e. The number of hydrogen-bond donors (Lipinski definition) is 2. The molecule has 7 atom stereocenters. The molecule has 2 fully saturated rings. The van der Waals surface area contributed by atoms with Crippen molar-refractivity contribution in [3.8, 4) is 46.3 Å². The molecular formula is C48H56N4O13S. The molecule has 3 aromatic rings. The number of thioether (sulfide) groups is 1. The molecule has 0 saturated carbocycles. The van der Waals surface area contributed by atoms with Crippen LogP contribution in [-0.4, -0.2) is 109 Å². The van der Waals surface area contributed by atoms with Crippen molar-refractivity contribution in [3.05, 3.63) is 62.7 Å². The number of esters is 1. The minimum Gasteiger partial charge on any atom is -0.507 e. The Kier molecular flexibility index (Phi) is 11.3. The van der Waals surface area contributed by atoms with Crippen molar-refractivity contribution in [2.75, 3.05) is 47.0 Å². The number of aryl methyl sites for hydroxylation is 1. The highest BCUT2D eigenvalue weighted by Gasteiger charge is 2.62. The van der Waals surface area contributed by atoms with Crippen LogP contribution in [0.25, 0.3) is 0 Å². The minimum absolute atomic E-state index is 0.000915. The molecule has 0 aliphatic carbocycles. The quantitative estimate of drug-likeness (QED) is 0.154. The van der Waals surface area contributed by atoms with Gasteiger partial charge in [0.15, 0.2) is 40.0 Å². The van der Waals surface area contributed by atoms with Crippen LogP contribution in [0.1, 0.15) is 103 Å². The Labute approximate surface area is 387 Å². The van der Waals surface area contributed by atoms with Crippen LogP contribution in [0.3, 0.4) is 0 Å². The number of methoxy groups -OCH3 is 2. The molecule has 10 rings (SSSR count). The molecule has 66 heavy (non-hydrogen) atoms. The van der Waals surface area contributed by atoms with E-state index in [-0.39, 0.29) is 48.2 Å². The van der Waals surface area contributed by atoms with Crippen molar-refractivity contribution < 1.29 is 62.1 Å². The molecule has 0 radical (unpaired) electrons. The number of ether oxygens (including phenoxy) is 9. The molecule has 18 heteroatoms. The molecule has 2 N–H and O–H groups in total. The van der Waals surface area contributed by atoms with Crippen LogP contribution in [0, 0.1) is 25.2 Å². The molecule has 7 aliphatic heterocycles. The minimum atomic E-state index is -1.47. The number of aromatic hydroxyl groups is 1. The standard InChI is InChI=1S/C48H56N4O13S/c1-22-14-25-15-27-28(18-49)52-29-19-59-43(54)48(26-17-30(57-10)31(16-24(26)12-13-50-48)62-44(55)64-46(3,4)5)20-66-42(34-33(29)40-39(60-21-61-40)23(2)37(34)53)36(52)35(51(27)9)32(25)41(38(22)58-11)63-45(56)65-47(6,7)8/h14,16-17,27-29,35-36,42,50,53H,12-13,15,19-21H2,1-11H3/t27-,28-,29-,35-,36?,42+,48+/m0/s1. The topological polar surface area (TPSA) is 197 Å². The van der Waals surface area contributed by atoms with E-state index >= 15 is 4.79 Å². The van der Waals surface area contributed by atoms with Crippen LogP contribution in [0.5, 0.6) is 40.2 Å². The van der Waals surface area contributed by atoms with Gasteiger partial charge < -0.3 is 47.7 Å². The first-order valence-electron chi connectivity index (χ1n) is 22.0. The van der Waals surface area contributed by atoms with E-state index in [1.165, 1.54) is 26.0 Å². The summed E-state index contributed by atoms with van der Waals surface area (Å²) in [5.74, 6) is 1.24. The molecule has 17 nitrogen and oxygen atoms in total. The van der Waals surface area contributed by atoms with Crippen molar-refractivity contribution >= 4 is 30.0 Å². The predicted octanol–water partition coefficient (Wildman–Crippen LogP) is 6.98. The number of hydrogen-bond acceptors (Lipinski definition) is 18. The zero-order valence-corrected chi connectivity index (χ0v) is 39.9. The number of piperazine rings is 1. The fourth-order valence-electron chi connectivity index (χ4n) is 10.8. The second kappa shape index (κ2) is 16.3. The first kappa shape index (κ1) is 45.5. The van der Waals surface area contributed by atoms with Gasteiger partial charge >= 0.3 is 18.3 Å². The Morgan fingerprint density at radius 1 is 0.909 bits per heavy atom. The summed E-state index contributed by atoms with van der Waals surface area (Å²) >= 11 is 1.43. The zero-order chi connectivity index (χ0) is 47.4. The van der Waals surface area contributed by atoms with E-state index in [4.69, 9.17) is 42.6 Å². The van der Waals surface area contributed by atoms with Gasteiger partial charge in [-0.25, -0.2) is 14.4 Å². The summed E-state index contributed by atoms with van der Waals surface area (Å²) in [6, 6.07) is 4.91. The molecule has 3 aromatic carbocycles. The van der Waals surface area contributed by atoms with Gasteiger partial charge in [0, 0.05) is 46.6 Å². The molecule has 352 valence electrons. The highest BCUT2D eigenvalue weighted by Crippen LogP contribution is 2.64. The normalized spacial score (nSPS) is 26.4. The number of carbonyl (C=O) groups excluding carboxylic acids is 3. The average molecular weight is 929 g/mol. The van der Waals surface area contributed by atoms with Crippen LogP contribution < -0.4 is 33.7 Å². The number of benzene rings is 3. The average Bonchev–Trinajstić information content (AvgIpc) is 3.73. The number of nitriles is 1. The van der Waals surface area contributed by atoms with E-state index in [1.807, 2.05) is 20.0 Å². The Hall–Kier alpha value is -5.61. The van der Waals surface area contributed by atoms with Crippen LogP contribution in [-0.2, 0) is 37.4 Å². The third kappa shape index (κ3) is 7.29. The highest BCUT2D eigenvalue weighted by atomic mass is 32.2. The van der Waals surface area contributed by atoms with Crippen molar-refractivity contribution in [2.24, 2.45) is 0 Å². The van der Waals surface area contributed by atoms with Crippen molar-refractivity contribution in [1.82, 2.24) is 15.1 Å². The molecule has 0 aromatic heterocycles. The summed E-state index contributed by atoms with van der Waals surface area (Å²) in [5, 5.41) is 26.7. The molecule has 1 spiro atoms. The van der Waals surface area contributed by atoms with E-state index in [9.17, 15) is 20.0 Å². The number of carbonyl (C=O) groups is 3. The van der Waals surface area contributed by atoms with E-state index in [0.29, 0.717) is 64.5 Å². The lowest BCUT2D eigenvalue weighted by Crippen LogP contribution is -2.69. The molecule has 4 bridgehead atoms. The van der Waals surface area contributed by atoms with Crippen LogP contribution >= 0.6 is 11.8 Å². The van der Waals surface area contributed by atoms with E-state index < -0.39 is 64.4 Å². The van der Waals surface area contributed by atoms with Crippen LogP contribution in [0.4, 0.5) is 9.59 Å². The molecule has 1 unspecified atom stereocenters. The summed E-state index contributed by atoms with van der Waals surface area (Å²) in [7, 11) is 4.94. The lowest BCUT2D eigenvalue weighted by atomic mass is 9.71. The third-order valence-electron chi connectivity index (χ3n) is 13.3. The largest absolute Gasteiger partial charge is 0.514 e. The second-order valence-corrected chi connectivity index (χ2v) is 20.7. The van der Waals surface area contributed by atoms with Gasteiger partial charge in [-0.05, 0) is 110 Å². The van der Waals surface area contributed by atoms with Crippen LogP contribution in [0.15, 0.2) is 18.2 Å². The number of nitrogens with one attached hydrogen (secondary N) is 1. The Bertz CT molecular complexity index is 2580. The fraction of sp³-hybridized carbons (Fsp3) is 0.542. The predicted molar refractivity (Wildman–Crippen MR) is 239 cm³/mol. The summed E-state index contributed by atoms with van der Waals surface area (Å²) in [6.07, 6.45) is -0.909. The Morgan fingerprint density at radius 3 is 2.27 bits per heavy atom. The maximum Gasteiger partial charge on any atom is 0.514 e. The third-order valence-corrected chi connectivity index (χ3v) is 14.8. The number of nitrogens with zero attached hydrogens (tertiary/aromatic N) is 3. The van der Waals surface area contributed by atoms with Gasteiger partial charge in [-0.15, -0.1) is 11.8 Å². The summed E-state index contributed by atoms with van der Waals surface area (Å²) < 4.78 is 53.6. The second-order valence-electron chi connectivity index (χ2n) is 19.6. The molecular weight excluding hydrogens is 873 g/mol. The number of likely N-dealkylation sites (N-methyl/N-ethyl adjacent to an activating group) is 1. The van der Waals surface area contributed by atoms with Gasteiger partial charge in [0.1, 0.15) is 29.6 Å². The van der Waals surface area contributed by atoms with Crippen molar-refractivity contribution in [2.45, 2.75) is 120 Å². The van der Waals surface area contributed by atoms with Gasteiger partial charge in [0.2, 0.25) is 6.79 Å². The number of rotatable bonds is 4. The van der Waals surface area contributed by atoms with E-state index in [2.05, 4.69) is 21.2 Å². The Morgan fingerprint density at radius 2 is 1.61 bits per heavy atom. The number of fused-ring (bicyclic) bond motifs is 9. The summed E-state index contributed by atoms with van der Waals surface area (Å²) in [5.41, 5.74) is 2.13. The lowest BCUT2D eigenvalue weighted by molar-refractivity contribution is -0.157. The van der Waals surface area contributed by atoms with E-state index in [0.717, 1.165) is 16.7 Å². The highest BCUT2D eigenvalue weighted by molar-refractivity contribution is 7.99. The monoisotopic (exact) mass is 928 g/mol. The lowest BCUT2D eigenvalue weighted by Gasteiger charge is -2.62. The summed E-state index contributed by atoms with van der Waals surface area (Å²) in [4.78, 5) is 45.9. The zero-order valence-electron chi connectivity index (χ0n) is 39.0. The number of phenols is 1. The van der Waals surface area contributed by atoms with Gasteiger partial charge in [0.25, 0.3) is 0 Å². The first-order chi connectivity index (χ1) is 31.2. The first-order valence-corrected chi connectivity index (χ1v) is 23.1. The SMILES string of the molecule is COc1cc2c(cc1OC(=O)OC(C)(C)C)CCN[C@]21CS[C@@H]2c3c(O)c(C)c4c(c3[C@H](COC1=O)N1C2[C@@H]2c3c(cc(C)c(OC)c3OC(=O)OC(C)(C)C)C[C@@H]([C@@H]1C#N)N2C)OCO4.